The van der Waals surface area contributed by atoms with E-state index in [0.717, 1.165) is 11.1 Å². The van der Waals surface area contributed by atoms with Gasteiger partial charge in [-0.15, -0.1) is 0 Å². The molecule has 23 heavy (non-hydrogen) atoms. The molecule has 116 valence electrons. The maximum absolute atomic E-state index is 13.5. The van der Waals surface area contributed by atoms with Gasteiger partial charge >= 0.3 is 0 Å². The van der Waals surface area contributed by atoms with Crippen LogP contribution in [0.3, 0.4) is 0 Å². The molecule has 0 aliphatic carbocycles. The average Bonchev–Trinajstić information content (AvgIpc) is 2.57. The van der Waals surface area contributed by atoms with Crippen molar-refractivity contribution in [3.05, 3.63) is 102 Å². The smallest absolute Gasteiger partial charge is 0.256 e. The van der Waals surface area contributed by atoms with E-state index in [1.165, 1.54) is 0 Å². The molecule has 0 unspecified atom stereocenters. The fourth-order valence-electron chi connectivity index (χ4n) is 2.52. The zero-order valence-corrected chi connectivity index (χ0v) is 13.7. The molecule has 0 N–H and O–H groups in total. The van der Waals surface area contributed by atoms with E-state index in [9.17, 15) is 4.57 Å². The van der Waals surface area contributed by atoms with Crippen LogP contribution in [0.1, 0.15) is 11.1 Å². The Morgan fingerprint density at radius 3 is 1.43 bits per heavy atom. The van der Waals surface area contributed by atoms with E-state index < -0.39 is 7.37 Å². The minimum absolute atomic E-state index is 0.428. The molecule has 0 fully saturated rings. The summed E-state index contributed by atoms with van der Waals surface area (Å²) in [5, 5.41) is 0. The van der Waals surface area contributed by atoms with Crippen LogP contribution in [0.4, 0.5) is 0 Å². The van der Waals surface area contributed by atoms with Gasteiger partial charge in [0.1, 0.15) is 5.75 Å². The number of hydrogen-bond donors (Lipinski definition) is 0. The summed E-state index contributed by atoms with van der Waals surface area (Å²) in [5.41, 5.74) is 2.06. The predicted octanol–water partition coefficient (Wildman–Crippen LogP) is 5.74. The highest BCUT2D eigenvalue weighted by Crippen LogP contribution is 2.53. The van der Waals surface area contributed by atoms with Crippen LogP contribution in [0.5, 0.6) is 5.75 Å². The van der Waals surface area contributed by atoms with Crippen LogP contribution < -0.4 is 4.52 Å². The van der Waals surface area contributed by atoms with Crippen molar-refractivity contribution in [2.45, 2.75) is 12.3 Å². The van der Waals surface area contributed by atoms with Crippen molar-refractivity contribution in [2.24, 2.45) is 0 Å². The van der Waals surface area contributed by atoms with E-state index in [-0.39, 0.29) is 0 Å². The van der Waals surface area contributed by atoms with E-state index in [1.54, 1.807) is 0 Å². The van der Waals surface area contributed by atoms with Crippen LogP contribution in [0.2, 0.25) is 0 Å². The van der Waals surface area contributed by atoms with Crippen LogP contribution in [0.25, 0.3) is 0 Å². The summed E-state index contributed by atoms with van der Waals surface area (Å²) < 4.78 is 19.5. The van der Waals surface area contributed by atoms with Crippen molar-refractivity contribution in [3.8, 4) is 5.75 Å². The van der Waals surface area contributed by atoms with E-state index >= 15 is 0 Å². The highest BCUT2D eigenvalue weighted by Gasteiger charge is 2.25. The lowest BCUT2D eigenvalue weighted by atomic mass is 10.2. The molecule has 0 radical (unpaired) electrons. The zero-order chi connectivity index (χ0) is 16.0. The van der Waals surface area contributed by atoms with Gasteiger partial charge in [-0.1, -0.05) is 78.9 Å². The SMILES string of the molecule is O=P(Cc1ccccc1)(Cc1ccccc1)Oc1ccccc1. The predicted molar refractivity (Wildman–Crippen MR) is 95.0 cm³/mol. The van der Waals surface area contributed by atoms with Crippen molar-refractivity contribution in [3.63, 3.8) is 0 Å². The summed E-state index contributed by atoms with van der Waals surface area (Å²) in [7, 11) is -2.89. The van der Waals surface area contributed by atoms with Gasteiger partial charge in [0.2, 0.25) is 0 Å². The molecule has 0 atom stereocenters. The van der Waals surface area contributed by atoms with Gasteiger partial charge in [0.15, 0.2) is 0 Å². The van der Waals surface area contributed by atoms with Gasteiger partial charge in [-0.05, 0) is 23.3 Å². The third-order valence-corrected chi connectivity index (χ3v) is 5.79. The normalized spacial score (nSPS) is 11.1. The summed E-state index contributed by atoms with van der Waals surface area (Å²) in [6, 6.07) is 29.2. The maximum atomic E-state index is 13.5. The van der Waals surface area contributed by atoms with Crippen LogP contribution in [-0.2, 0) is 16.9 Å². The largest absolute Gasteiger partial charge is 0.442 e. The van der Waals surface area contributed by atoms with Gasteiger partial charge in [-0.2, -0.15) is 0 Å². The Labute approximate surface area is 137 Å². The van der Waals surface area contributed by atoms with Crippen LogP contribution in [0.15, 0.2) is 91.0 Å². The molecule has 2 nitrogen and oxygen atoms in total. The second-order valence-corrected chi connectivity index (χ2v) is 7.95. The molecular weight excluding hydrogens is 303 g/mol. The lowest BCUT2D eigenvalue weighted by molar-refractivity contribution is 0.479. The second kappa shape index (κ2) is 7.30. The molecule has 3 aromatic rings. The lowest BCUT2D eigenvalue weighted by Gasteiger charge is -2.20. The highest BCUT2D eigenvalue weighted by atomic mass is 31.2. The van der Waals surface area contributed by atoms with Crippen molar-refractivity contribution in [1.29, 1.82) is 0 Å². The Bertz CT molecular complexity index is 662. The van der Waals surface area contributed by atoms with Crippen molar-refractivity contribution in [1.82, 2.24) is 0 Å². The molecule has 0 saturated heterocycles. The Hall–Kier alpha value is -2.31. The number of hydrogen-bond acceptors (Lipinski definition) is 2. The number of benzene rings is 3. The van der Waals surface area contributed by atoms with Gasteiger partial charge in [-0.3, -0.25) is 4.57 Å². The first-order valence-corrected chi connectivity index (χ1v) is 9.64. The molecule has 0 bridgehead atoms. The quantitative estimate of drug-likeness (QED) is 0.541. The molecule has 0 heterocycles. The minimum atomic E-state index is -2.89. The van der Waals surface area contributed by atoms with Crippen molar-refractivity contribution in [2.75, 3.05) is 0 Å². The van der Waals surface area contributed by atoms with Gasteiger partial charge in [0.25, 0.3) is 7.37 Å². The van der Waals surface area contributed by atoms with Gasteiger partial charge in [-0.25, -0.2) is 0 Å². The van der Waals surface area contributed by atoms with Crippen LogP contribution in [0, 0.1) is 0 Å². The van der Waals surface area contributed by atoms with E-state index in [2.05, 4.69) is 0 Å². The monoisotopic (exact) mass is 322 g/mol. The Balaban J connectivity index is 1.87. The number of para-hydroxylation sites is 1. The summed E-state index contributed by atoms with van der Waals surface area (Å²) in [6.45, 7) is 0. The third-order valence-electron chi connectivity index (χ3n) is 3.55. The molecule has 3 rings (SSSR count). The molecule has 0 aromatic heterocycles. The standard InChI is InChI=1S/C20H19O2P/c21-23(16-18-10-4-1-5-11-18,17-19-12-6-2-7-13-19)22-20-14-8-3-9-15-20/h1-15H,16-17H2. The van der Waals surface area contributed by atoms with Crippen molar-refractivity contribution < 1.29 is 9.09 Å². The molecular formula is C20H19O2P. The first kappa shape index (κ1) is 15.6. The van der Waals surface area contributed by atoms with Crippen LogP contribution >= 0.6 is 7.37 Å². The maximum Gasteiger partial charge on any atom is 0.256 e. The van der Waals surface area contributed by atoms with Gasteiger partial charge in [0.05, 0.1) is 12.3 Å². The van der Waals surface area contributed by atoms with Crippen LogP contribution in [-0.4, -0.2) is 0 Å². The summed E-state index contributed by atoms with van der Waals surface area (Å²) >= 11 is 0. The molecule has 0 aliphatic heterocycles. The van der Waals surface area contributed by atoms with Gasteiger partial charge < -0.3 is 4.52 Å². The molecule has 0 spiro atoms. The van der Waals surface area contributed by atoms with E-state index in [0.29, 0.717) is 18.1 Å². The molecule has 3 heteroatoms. The second-order valence-electron chi connectivity index (χ2n) is 5.51. The topological polar surface area (TPSA) is 26.3 Å². The van der Waals surface area contributed by atoms with E-state index in [4.69, 9.17) is 4.52 Å². The molecule has 3 aromatic carbocycles. The molecule has 0 saturated carbocycles. The summed E-state index contributed by atoms with van der Waals surface area (Å²) in [5.74, 6) is 0.655. The Morgan fingerprint density at radius 1 is 0.609 bits per heavy atom. The first-order chi connectivity index (χ1) is 11.2. The minimum Gasteiger partial charge on any atom is -0.442 e. The molecule has 0 aliphatic rings. The first-order valence-electron chi connectivity index (χ1n) is 7.64. The third kappa shape index (κ3) is 4.58. The Morgan fingerprint density at radius 2 is 1.00 bits per heavy atom. The summed E-state index contributed by atoms with van der Waals surface area (Å²) in [4.78, 5) is 0. The van der Waals surface area contributed by atoms with E-state index in [1.807, 2.05) is 91.0 Å². The average molecular weight is 322 g/mol. The summed E-state index contributed by atoms with van der Waals surface area (Å²) in [6.07, 6.45) is 0.856. The lowest BCUT2D eigenvalue weighted by Crippen LogP contribution is -2.01. The Kier molecular flexibility index (Phi) is 4.95. The fraction of sp³-hybridized carbons (Fsp3) is 0.100. The zero-order valence-electron chi connectivity index (χ0n) is 12.8. The molecule has 0 amide bonds. The highest BCUT2D eigenvalue weighted by molar-refractivity contribution is 7.57. The van der Waals surface area contributed by atoms with Gasteiger partial charge in [0, 0.05) is 0 Å². The fourth-order valence-corrected chi connectivity index (χ4v) is 4.80. The number of rotatable bonds is 6. The van der Waals surface area contributed by atoms with Crippen molar-refractivity contribution >= 4 is 7.37 Å².